The number of carbonyl (C=O) groups excluding carboxylic acids is 2. The molecule has 30 heavy (non-hydrogen) atoms. The number of hydrogen-bond acceptors (Lipinski definition) is 3. The van der Waals surface area contributed by atoms with Crippen molar-refractivity contribution in [3.05, 3.63) is 95.1 Å². The molecule has 5 heteroatoms. The number of benzene rings is 3. The zero-order chi connectivity index (χ0) is 21.5. The molecule has 1 atom stereocenters. The van der Waals surface area contributed by atoms with Gasteiger partial charge in [0.1, 0.15) is 0 Å². The van der Waals surface area contributed by atoms with Gasteiger partial charge in [0.15, 0.2) is 0 Å². The standard InChI is InChI=1S/C25H27N3O2/c1-17-12-13-21(14-18(17)2)25(20-8-5-4-6-9-20)26-16-24(30)28-23-11-7-10-22(15-23)27-19(3)29/h4-15,25-26H,16H2,1-3H3,(H,27,29)(H,28,30)/t25-/m0/s1. The van der Waals surface area contributed by atoms with Crippen LogP contribution in [0.3, 0.4) is 0 Å². The van der Waals surface area contributed by atoms with Crippen molar-refractivity contribution in [1.82, 2.24) is 5.32 Å². The minimum absolute atomic E-state index is 0.0954. The number of amides is 2. The number of hydrogen-bond donors (Lipinski definition) is 3. The van der Waals surface area contributed by atoms with Crippen LogP contribution in [0.1, 0.15) is 35.2 Å². The SMILES string of the molecule is CC(=O)Nc1cccc(NC(=O)CN[C@@H](c2ccccc2)c2ccc(C)c(C)c2)c1. The third-order valence-corrected chi connectivity index (χ3v) is 4.93. The van der Waals surface area contributed by atoms with E-state index in [1.807, 2.05) is 18.2 Å². The van der Waals surface area contributed by atoms with Gasteiger partial charge in [-0.2, -0.15) is 0 Å². The Morgan fingerprint density at radius 2 is 1.47 bits per heavy atom. The molecule has 0 saturated heterocycles. The molecule has 3 rings (SSSR count). The maximum atomic E-state index is 12.6. The molecule has 3 aromatic rings. The van der Waals surface area contributed by atoms with Crippen LogP contribution in [0.4, 0.5) is 11.4 Å². The first-order valence-electron chi connectivity index (χ1n) is 9.95. The lowest BCUT2D eigenvalue weighted by Crippen LogP contribution is -2.32. The summed E-state index contributed by atoms with van der Waals surface area (Å²) in [6.45, 7) is 5.78. The van der Waals surface area contributed by atoms with Crippen molar-refractivity contribution < 1.29 is 9.59 Å². The summed E-state index contributed by atoms with van der Waals surface area (Å²) in [5, 5.41) is 8.98. The van der Waals surface area contributed by atoms with Crippen LogP contribution in [0.2, 0.25) is 0 Å². The van der Waals surface area contributed by atoms with Crippen molar-refractivity contribution in [2.45, 2.75) is 26.8 Å². The Kier molecular flexibility index (Phi) is 6.99. The summed E-state index contributed by atoms with van der Waals surface area (Å²) >= 11 is 0. The first-order valence-corrected chi connectivity index (χ1v) is 9.95. The maximum Gasteiger partial charge on any atom is 0.238 e. The summed E-state index contributed by atoms with van der Waals surface area (Å²) in [4.78, 5) is 23.8. The van der Waals surface area contributed by atoms with Gasteiger partial charge in [-0.25, -0.2) is 0 Å². The Labute approximate surface area is 177 Å². The molecule has 0 unspecified atom stereocenters. The highest BCUT2D eigenvalue weighted by molar-refractivity contribution is 5.94. The summed E-state index contributed by atoms with van der Waals surface area (Å²) in [6.07, 6.45) is 0. The molecular formula is C25H27N3O2. The predicted octanol–water partition coefficient (Wildman–Crippen LogP) is 4.58. The van der Waals surface area contributed by atoms with Gasteiger partial charge in [-0.15, -0.1) is 0 Å². The number of nitrogens with one attached hydrogen (secondary N) is 3. The van der Waals surface area contributed by atoms with Crippen LogP contribution in [-0.4, -0.2) is 18.4 Å². The van der Waals surface area contributed by atoms with Gasteiger partial charge in [0, 0.05) is 18.3 Å². The molecule has 2 amide bonds. The highest BCUT2D eigenvalue weighted by atomic mass is 16.2. The van der Waals surface area contributed by atoms with E-state index in [9.17, 15) is 9.59 Å². The van der Waals surface area contributed by atoms with Gasteiger partial charge in [-0.1, -0.05) is 54.6 Å². The quantitative estimate of drug-likeness (QED) is 0.543. The maximum absolute atomic E-state index is 12.6. The largest absolute Gasteiger partial charge is 0.326 e. The van der Waals surface area contributed by atoms with Gasteiger partial charge >= 0.3 is 0 Å². The number of aryl methyl sites for hydroxylation is 2. The summed E-state index contributed by atoms with van der Waals surface area (Å²) in [5.41, 5.74) is 5.95. The van der Waals surface area contributed by atoms with Gasteiger partial charge < -0.3 is 10.6 Å². The number of rotatable bonds is 7. The van der Waals surface area contributed by atoms with Crippen LogP contribution in [0.25, 0.3) is 0 Å². The van der Waals surface area contributed by atoms with Crippen LogP contribution in [0, 0.1) is 13.8 Å². The van der Waals surface area contributed by atoms with E-state index in [0.29, 0.717) is 11.4 Å². The Hall–Kier alpha value is -3.44. The summed E-state index contributed by atoms with van der Waals surface area (Å²) < 4.78 is 0. The van der Waals surface area contributed by atoms with Gasteiger partial charge in [0.2, 0.25) is 11.8 Å². The summed E-state index contributed by atoms with van der Waals surface area (Å²) in [5.74, 6) is -0.307. The van der Waals surface area contributed by atoms with Crippen molar-refractivity contribution in [2.24, 2.45) is 0 Å². The molecule has 0 heterocycles. The van der Waals surface area contributed by atoms with Gasteiger partial charge in [-0.3, -0.25) is 14.9 Å². The average molecular weight is 402 g/mol. The molecule has 0 fully saturated rings. The fourth-order valence-electron chi connectivity index (χ4n) is 3.30. The highest BCUT2D eigenvalue weighted by Crippen LogP contribution is 2.24. The summed E-state index contributed by atoms with van der Waals surface area (Å²) in [6, 6.07) is 23.5. The smallest absolute Gasteiger partial charge is 0.238 e. The van der Waals surface area contributed by atoms with Crippen molar-refractivity contribution in [3.63, 3.8) is 0 Å². The predicted molar refractivity (Wildman–Crippen MR) is 122 cm³/mol. The second kappa shape index (κ2) is 9.85. The van der Waals surface area contributed by atoms with Crippen LogP contribution >= 0.6 is 0 Å². The Morgan fingerprint density at radius 3 is 2.13 bits per heavy atom. The minimum atomic E-state index is -0.153. The molecule has 0 saturated carbocycles. The Bertz CT molecular complexity index is 1030. The van der Waals surface area contributed by atoms with E-state index in [4.69, 9.17) is 0 Å². The van der Waals surface area contributed by atoms with Crippen LogP contribution in [0.5, 0.6) is 0 Å². The lowest BCUT2D eigenvalue weighted by molar-refractivity contribution is -0.115. The highest BCUT2D eigenvalue weighted by Gasteiger charge is 2.16. The molecular weight excluding hydrogens is 374 g/mol. The molecule has 0 aliphatic carbocycles. The summed E-state index contributed by atoms with van der Waals surface area (Å²) in [7, 11) is 0. The Morgan fingerprint density at radius 1 is 0.767 bits per heavy atom. The van der Waals surface area contributed by atoms with E-state index >= 15 is 0 Å². The first-order chi connectivity index (χ1) is 14.4. The second-order valence-electron chi connectivity index (χ2n) is 7.38. The van der Waals surface area contributed by atoms with Crippen LogP contribution < -0.4 is 16.0 Å². The third-order valence-electron chi connectivity index (χ3n) is 4.93. The van der Waals surface area contributed by atoms with E-state index in [2.05, 4.69) is 60.1 Å². The van der Waals surface area contributed by atoms with E-state index in [-0.39, 0.29) is 24.4 Å². The third kappa shape index (κ3) is 5.78. The van der Waals surface area contributed by atoms with E-state index in [1.165, 1.54) is 18.1 Å². The van der Waals surface area contributed by atoms with Crippen molar-refractivity contribution in [3.8, 4) is 0 Å². The van der Waals surface area contributed by atoms with E-state index in [0.717, 1.165) is 11.1 Å². The molecule has 0 aliphatic heterocycles. The lowest BCUT2D eigenvalue weighted by atomic mass is 9.95. The topological polar surface area (TPSA) is 70.2 Å². The molecule has 0 aromatic heterocycles. The van der Waals surface area contributed by atoms with E-state index < -0.39 is 0 Å². The molecule has 154 valence electrons. The van der Waals surface area contributed by atoms with Crippen molar-refractivity contribution >= 4 is 23.2 Å². The van der Waals surface area contributed by atoms with E-state index in [1.54, 1.807) is 24.3 Å². The average Bonchev–Trinajstić information content (AvgIpc) is 2.71. The fourth-order valence-corrected chi connectivity index (χ4v) is 3.30. The molecule has 0 aliphatic rings. The number of carbonyl (C=O) groups is 2. The van der Waals surface area contributed by atoms with Crippen molar-refractivity contribution in [1.29, 1.82) is 0 Å². The lowest BCUT2D eigenvalue weighted by Gasteiger charge is -2.21. The number of anilines is 2. The fraction of sp³-hybridized carbons (Fsp3) is 0.200. The van der Waals surface area contributed by atoms with Crippen LogP contribution in [-0.2, 0) is 9.59 Å². The van der Waals surface area contributed by atoms with Crippen molar-refractivity contribution in [2.75, 3.05) is 17.2 Å². The molecule has 0 radical (unpaired) electrons. The van der Waals surface area contributed by atoms with Gasteiger partial charge in [0.25, 0.3) is 0 Å². The monoisotopic (exact) mass is 401 g/mol. The molecule has 5 nitrogen and oxygen atoms in total. The van der Waals surface area contributed by atoms with Gasteiger partial charge in [0.05, 0.1) is 12.6 Å². The molecule has 0 bridgehead atoms. The molecule has 3 aromatic carbocycles. The van der Waals surface area contributed by atoms with Crippen LogP contribution in [0.15, 0.2) is 72.8 Å². The Balaban J connectivity index is 1.72. The molecule has 0 spiro atoms. The normalized spacial score (nSPS) is 11.6. The second-order valence-corrected chi connectivity index (χ2v) is 7.38. The molecule has 3 N–H and O–H groups in total. The zero-order valence-electron chi connectivity index (χ0n) is 17.5. The first kappa shape index (κ1) is 21.3. The van der Waals surface area contributed by atoms with Gasteiger partial charge in [-0.05, 0) is 54.3 Å². The zero-order valence-corrected chi connectivity index (χ0v) is 17.5. The minimum Gasteiger partial charge on any atom is -0.326 e.